The average Bonchev–Trinajstić information content (AvgIpc) is 2.62. The highest BCUT2D eigenvalue weighted by molar-refractivity contribution is 5.74. The van der Waals surface area contributed by atoms with Crippen LogP contribution < -0.4 is 10.6 Å². The van der Waals surface area contributed by atoms with Crippen LogP contribution in [0, 0.1) is 11.3 Å². The summed E-state index contributed by atoms with van der Waals surface area (Å²) in [6.45, 7) is 2.18. The molecule has 3 N–H and O–H groups in total. The molecule has 0 aromatic carbocycles. The van der Waals surface area contributed by atoms with Gasteiger partial charge in [-0.05, 0) is 43.7 Å². The van der Waals surface area contributed by atoms with E-state index in [0.29, 0.717) is 18.9 Å². The molecule has 0 spiro atoms. The number of hydrogen-bond acceptors (Lipinski definition) is 4. The Bertz CT molecular complexity index is 537. The lowest BCUT2D eigenvalue weighted by molar-refractivity contribution is -0.0362. The third kappa shape index (κ3) is 4.50. The molecule has 0 bridgehead atoms. The highest BCUT2D eigenvalue weighted by Crippen LogP contribution is 2.47. The van der Waals surface area contributed by atoms with Crippen molar-refractivity contribution >= 4 is 6.03 Å². The smallest absolute Gasteiger partial charge is 0.315 e. The number of urea groups is 1. The van der Waals surface area contributed by atoms with E-state index in [4.69, 9.17) is 4.74 Å². The second-order valence-electron chi connectivity index (χ2n) is 7.27. The van der Waals surface area contributed by atoms with Crippen molar-refractivity contribution < 1.29 is 14.6 Å². The highest BCUT2D eigenvalue weighted by atomic mass is 16.5. The molecule has 3 rings (SSSR count). The molecule has 0 radical (unpaired) electrons. The van der Waals surface area contributed by atoms with E-state index in [0.717, 1.165) is 51.0 Å². The van der Waals surface area contributed by atoms with Crippen molar-refractivity contribution in [3.05, 3.63) is 30.1 Å². The molecule has 6 heteroatoms. The summed E-state index contributed by atoms with van der Waals surface area (Å²) in [5.74, 6) is 0.378. The van der Waals surface area contributed by atoms with Crippen LogP contribution in [0.2, 0.25) is 0 Å². The van der Waals surface area contributed by atoms with E-state index in [9.17, 15) is 9.90 Å². The van der Waals surface area contributed by atoms with Crippen LogP contribution in [0.4, 0.5) is 4.79 Å². The summed E-state index contributed by atoms with van der Waals surface area (Å²) in [6.07, 6.45) is 7.46. The normalized spacial score (nSPS) is 21.2. The zero-order valence-corrected chi connectivity index (χ0v) is 14.7. The number of hydrogen-bond donors (Lipinski definition) is 3. The predicted molar refractivity (Wildman–Crippen MR) is 95.2 cm³/mol. The zero-order valence-electron chi connectivity index (χ0n) is 14.7. The number of amides is 2. The number of aliphatic hydroxyl groups excluding tert-OH is 1. The summed E-state index contributed by atoms with van der Waals surface area (Å²) in [5, 5.41) is 16.1. The summed E-state index contributed by atoms with van der Waals surface area (Å²) in [7, 11) is 0. The number of aliphatic hydroxyl groups is 1. The lowest BCUT2D eigenvalue weighted by Gasteiger charge is -2.50. The van der Waals surface area contributed by atoms with Crippen LogP contribution in [0.5, 0.6) is 0 Å². The van der Waals surface area contributed by atoms with Gasteiger partial charge in [0.05, 0.1) is 6.61 Å². The summed E-state index contributed by atoms with van der Waals surface area (Å²) in [4.78, 5) is 16.7. The summed E-state index contributed by atoms with van der Waals surface area (Å²) in [6, 6.07) is 5.66. The van der Waals surface area contributed by atoms with E-state index in [2.05, 4.69) is 15.6 Å². The first-order valence-electron chi connectivity index (χ1n) is 9.36. The number of ether oxygens (including phenoxy) is 1. The van der Waals surface area contributed by atoms with E-state index in [1.807, 2.05) is 18.2 Å². The maximum absolute atomic E-state index is 12.4. The van der Waals surface area contributed by atoms with Gasteiger partial charge in [0, 0.05) is 49.5 Å². The minimum absolute atomic E-state index is 0.0185. The molecule has 1 aromatic rings. The molecule has 2 amide bonds. The van der Waals surface area contributed by atoms with Gasteiger partial charge in [-0.15, -0.1) is 0 Å². The second kappa shape index (κ2) is 8.63. The van der Waals surface area contributed by atoms with Crippen molar-refractivity contribution in [2.24, 2.45) is 11.3 Å². The van der Waals surface area contributed by atoms with Crippen LogP contribution in [-0.2, 0) is 11.2 Å². The van der Waals surface area contributed by atoms with Crippen molar-refractivity contribution in [1.29, 1.82) is 0 Å². The maximum atomic E-state index is 12.4. The summed E-state index contributed by atoms with van der Waals surface area (Å²) >= 11 is 0. The van der Waals surface area contributed by atoms with Gasteiger partial charge < -0.3 is 20.5 Å². The van der Waals surface area contributed by atoms with Gasteiger partial charge in [-0.2, -0.15) is 0 Å². The van der Waals surface area contributed by atoms with E-state index in [1.54, 1.807) is 6.20 Å². The first-order valence-corrected chi connectivity index (χ1v) is 9.36. The van der Waals surface area contributed by atoms with E-state index < -0.39 is 0 Å². The molecule has 1 unspecified atom stereocenters. The molecule has 1 atom stereocenters. The Morgan fingerprint density at radius 3 is 2.76 bits per heavy atom. The van der Waals surface area contributed by atoms with Gasteiger partial charge in [0.15, 0.2) is 0 Å². The number of carbonyl (C=O) groups excluding carboxylic acids is 1. The van der Waals surface area contributed by atoms with Gasteiger partial charge in [0.2, 0.25) is 0 Å². The molecular weight excluding hydrogens is 318 g/mol. The van der Waals surface area contributed by atoms with Gasteiger partial charge in [-0.1, -0.05) is 12.5 Å². The largest absolute Gasteiger partial charge is 0.396 e. The van der Waals surface area contributed by atoms with Crippen molar-refractivity contribution in [3.63, 3.8) is 0 Å². The van der Waals surface area contributed by atoms with E-state index in [1.165, 1.54) is 0 Å². The topological polar surface area (TPSA) is 83.5 Å². The fraction of sp³-hybridized carbons (Fsp3) is 0.684. The third-order valence-corrected chi connectivity index (χ3v) is 5.74. The minimum Gasteiger partial charge on any atom is -0.396 e. The Morgan fingerprint density at radius 2 is 2.16 bits per heavy atom. The predicted octanol–water partition coefficient (Wildman–Crippen LogP) is 1.88. The molecule has 138 valence electrons. The molecule has 1 saturated carbocycles. The number of nitrogens with zero attached hydrogens (tertiary/aromatic N) is 1. The quantitative estimate of drug-likeness (QED) is 0.703. The van der Waals surface area contributed by atoms with Crippen molar-refractivity contribution in [1.82, 2.24) is 15.6 Å². The SMILES string of the molecule is O=C(NCCc1ccccn1)NC(C1CCOCC1)C1(CO)CCC1. The van der Waals surface area contributed by atoms with E-state index in [-0.39, 0.29) is 24.1 Å². The molecule has 6 nitrogen and oxygen atoms in total. The lowest BCUT2D eigenvalue weighted by Crippen LogP contribution is -2.59. The van der Waals surface area contributed by atoms with Crippen LogP contribution in [0.15, 0.2) is 24.4 Å². The molecule has 25 heavy (non-hydrogen) atoms. The standard InChI is InChI=1S/C19H29N3O3/c23-14-19(8-3-9-19)17(15-6-12-25-13-7-15)22-18(24)21-11-5-16-4-1-2-10-20-16/h1-2,4,10,15,17,23H,3,5-9,11-14H2,(H2,21,22,24). The Balaban J connectivity index is 1.54. The molecule has 1 aliphatic carbocycles. The maximum Gasteiger partial charge on any atom is 0.315 e. The van der Waals surface area contributed by atoms with Crippen LogP contribution in [0.25, 0.3) is 0 Å². The number of rotatable bonds is 7. The van der Waals surface area contributed by atoms with Gasteiger partial charge >= 0.3 is 6.03 Å². The van der Waals surface area contributed by atoms with Gasteiger partial charge in [-0.3, -0.25) is 4.98 Å². The number of carbonyl (C=O) groups is 1. The molecule has 2 fully saturated rings. The Morgan fingerprint density at radius 1 is 1.36 bits per heavy atom. The molecule has 1 aromatic heterocycles. The Hall–Kier alpha value is -1.66. The minimum atomic E-state index is -0.152. The fourth-order valence-electron chi connectivity index (χ4n) is 4.06. The number of pyridine rings is 1. The summed E-state index contributed by atoms with van der Waals surface area (Å²) in [5.41, 5.74) is 0.815. The highest BCUT2D eigenvalue weighted by Gasteiger charge is 2.47. The first kappa shape index (κ1) is 18.1. The van der Waals surface area contributed by atoms with Gasteiger partial charge in [0.1, 0.15) is 0 Å². The van der Waals surface area contributed by atoms with Crippen molar-refractivity contribution in [2.75, 3.05) is 26.4 Å². The van der Waals surface area contributed by atoms with Crippen molar-refractivity contribution in [3.8, 4) is 0 Å². The van der Waals surface area contributed by atoms with Gasteiger partial charge in [0.25, 0.3) is 0 Å². The number of aromatic nitrogens is 1. The van der Waals surface area contributed by atoms with E-state index >= 15 is 0 Å². The molecule has 2 heterocycles. The Labute approximate surface area is 149 Å². The van der Waals surface area contributed by atoms with Crippen molar-refractivity contribution in [2.45, 2.75) is 44.6 Å². The molecular formula is C19H29N3O3. The van der Waals surface area contributed by atoms with Crippen LogP contribution in [0.1, 0.15) is 37.8 Å². The average molecular weight is 347 g/mol. The summed E-state index contributed by atoms with van der Waals surface area (Å²) < 4.78 is 5.47. The van der Waals surface area contributed by atoms with Crippen LogP contribution in [-0.4, -0.2) is 48.5 Å². The van der Waals surface area contributed by atoms with Gasteiger partial charge in [-0.25, -0.2) is 4.79 Å². The Kier molecular flexibility index (Phi) is 6.26. The fourth-order valence-corrected chi connectivity index (χ4v) is 4.06. The first-order chi connectivity index (χ1) is 12.2. The third-order valence-electron chi connectivity index (χ3n) is 5.74. The monoisotopic (exact) mass is 347 g/mol. The molecule has 2 aliphatic rings. The lowest BCUT2D eigenvalue weighted by atomic mass is 9.60. The second-order valence-corrected chi connectivity index (χ2v) is 7.27. The van der Waals surface area contributed by atoms with Crippen LogP contribution >= 0.6 is 0 Å². The van der Waals surface area contributed by atoms with Crippen LogP contribution in [0.3, 0.4) is 0 Å². The number of nitrogens with one attached hydrogen (secondary N) is 2. The molecule has 1 saturated heterocycles. The zero-order chi connectivity index (χ0) is 17.5. The molecule has 1 aliphatic heterocycles.